The van der Waals surface area contributed by atoms with E-state index in [0.717, 1.165) is 30.7 Å². The van der Waals surface area contributed by atoms with Crippen molar-refractivity contribution in [3.05, 3.63) is 23.8 Å². The van der Waals surface area contributed by atoms with Crippen LogP contribution in [0.25, 0.3) is 0 Å². The highest BCUT2D eigenvalue weighted by Crippen LogP contribution is 2.32. The van der Waals surface area contributed by atoms with Gasteiger partial charge < -0.3 is 14.2 Å². The number of rotatable bonds is 9. The lowest BCUT2D eigenvalue weighted by Gasteiger charge is -2.32. The van der Waals surface area contributed by atoms with Gasteiger partial charge in [-0.05, 0) is 32.4 Å². The number of hydrogen-bond donors (Lipinski definition) is 2. The van der Waals surface area contributed by atoms with Crippen molar-refractivity contribution < 1.29 is 19.0 Å². The molecule has 1 fully saturated rings. The smallest absolute Gasteiger partial charge is 0.238 e. The molecule has 7 heteroatoms. The molecule has 0 aromatic heterocycles. The van der Waals surface area contributed by atoms with E-state index in [0.29, 0.717) is 38.7 Å². The van der Waals surface area contributed by atoms with Crippen LogP contribution in [0.15, 0.2) is 18.2 Å². The molecule has 1 unspecified atom stereocenters. The molecule has 0 aliphatic carbocycles. The van der Waals surface area contributed by atoms with E-state index in [1.807, 2.05) is 25.1 Å². The molecule has 2 rings (SSSR count). The Labute approximate surface area is 149 Å². The third-order valence-corrected chi connectivity index (χ3v) is 4.37. The summed E-state index contributed by atoms with van der Waals surface area (Å²) in [7, 11) is 1.64. The Bertz CT molecular complexity index is 553. The molecule has 0 radical (unpaired) electrons. The van der Waals surface area contributed by atoms with Crippen LogP contribution in [0.4, 0.5) is 0 Å². The number of amides is 1. The number of nitrogens with one attached hydrogen (secondary N) is 1. The van der Waals surface area contributed by atoms with Crippen LogP contribution in [0, 0.1) is 5.92 Å². The van der Waals surface area contributed by atoms with E-state index in [9.17, 15) is 4.79 Å². The van der Waals surface area contributed by atoms with Crippen molar-refractivity contribution in [2.45, 2.75) is 26.3 Å². The maximum atomic E-state index is 11.8. The van der Waals surface area contributed by atoms with Crippen LogP contribution < -0.4 is 20.7 Å². The van der Waals surface area contributed by atoms with Gasteiger partial charge in [-0.15, -0.1) is 0 Å². The molecule has 0 saturated carbocycles. The summed E-state index contributed by atoms with van der Waals surface area (Å²) in [6, 6.07) is 5.88. The summed E-state index contributed by atoms with van der Waals surface area (Å²) in [5, 5.41) is 0. The Kier molecular flexibility index (Phi) is 7.97. The van der Waals surface area contributed by atoms with Crippen LogP contribution >= 0.6 is 0 Å². The van der Waals surface area contributed by atoms with Crippen LogP contribution in [0.3, 0.4) is 0 Å². The molecule has 0 spiro atoms. The van der Waals surface area contributed by atoms with Crippen molar-refractivity contribution >= 4 is 5.91 Å². The van der Waals surface area contributed by atoms with Gasteiger partial charge >= 0.3 is 0 Å². The first-order valence-electron chi connectivity index (χ1n) is 8.78. The van der Waals surface area contributed by atoms with Gasteiger partial charge in [-0.3, -0.25) is 15.1 Å². The molecule has 1 aliphatic rings. The van der Waals surface area contributed by atoms with Gasteiger partial charge in [0.05, 0.1) is 19.6 Å². The van der Waals surface area contributed by atoms with Crippen LogP contribution in [-0.2, 0) is 16.1 Å². The molecule has 1 atom stereocenters. The van der Waals surface area contributed by atoms with Gasteiger partial charge in [0.25, 0.3) is 0 Å². The second-order valence-corrected chi connectivity index (χ2v) is 6.08. The fourth-order valence-electron chi connectivity index (χ4n) is 3.13. The number of methoxy groups -OCH3 is 1. The molecule has 1 saturated heterocycles. The summed E-state index contributed by atoms with van der Waals surface area (Å²) in [6.45, 7) is 5.98. The number of carbonyl (C=O) groups excluding carboxylic acids is 1. The Morgan fingerprint density at radius 1 is 1.40 bits per heavy atom. The molecule has 1 aromatic rings. The van der Waals surface area contributed by atoms with Gasteiger partial charge in [0, 0.05) is 25.3 Å². The van der Waals surface area contributed by atoms with Crippen LogP contribution in [0.2, 0.25) is 0 Å². The van der Waals surface area contributed by atoms with E-state index >= 15 is 0 Å². The molecule has 3 N–H and O–H groups in total. The number of hydrazine groups is 1. The zero-order valence-electron chi connectivity index (χ0n) is 15.1. The third-order valence-electron chi connectivity index (χ3n) is 4.37. The van der Waals surface area contributed by atoms with Crippen molar-refractivity contribution in [2.24, 2.45) is 11.8 Å². The topological polar surface area (TPSA) is 86.1 Å². The number of para-hydroxylation sites is 1. The summed E-state index contributed by atoms with van der Waals surface area (Å²) in [5.74, 6) is 6.57. The zero-order valence-corrected chi connectivity index (χ0v) is 15.1. The van der Waals surface area contributed by atoms with Gasteiger partial charge in [-0.2, -0.15) is 0 Å². The quantitative estimate of drug-likeness (QED) is 0.302. The molecule has 1 heterocycles. The molecule has 140 valence electrons. The van der Waals surface area contributed by atoms with Crippen LogP contribution in [-0.4, -0.2) is 50.8 Å². The molecule has 0 bridgehead atoms. The minimum atomic E-state index is -0.0940. The van der Waals surface area contributed by atoms with Gasteiger partial charge in [0.2, 0.25) is 5.91 Å². The van der Waals surface area contributed by atoms with Crippen molar-refractivity contribution in [3.63, 3.8) is 0 Å². The Morgan fingerprint density at radius 3 is 2.96 bits per heavy atom. The van der Waals surface area contributed by atoms with Crippen LogP contribution in [0.1, 0.15) is 25.3 Å². The van der Waals surface area contributed by atoms with Crippen molar-refractivity contribution in [2.75, 3.05) is 40.0 Å². The zero-order chi connectivity index (χ0) is 18.1. The molecule has 1 aliphatic heterocycles. The molecule has 7 nitrogen and oxygen atoms in total. The second-order valence-electron chi connectivity index (χ2n) is 6.08. The number of ether oxygens (including phenoxy) is 3. The number of benzene rings is 1. The fraction of sp³-hybridized carbons (Fsp3) is 0.611. The lowest BCUT2D eigenvalue weighted by atomic mass is 9.97. The highest BCUT2D eigenvalue weighted by molar-refractivity contribution is 5.78. The first-order chi connectivity index (χ1) is 12.2. The predicted octanol–water partition coefficient (Wildman–Crippen LogP) is 1.31. The maximum Gasteiger partial charge on any atom is 0.238 e. The van der Waals surface area contributed by atoms with E-state index in [2.05, 4.69) is 10.3 Å². The average Bonchev–Trinajstić information content (AvgIpc) is 2.65. The lowest BCUT2D eigenvalue weighted by Crippen LogP contribution is -2.44. The van der Waals surface area contributed by atoms with Crippen LogP contribution in [0.5, 0.6) is 11.5 Å². The molecule has 1 amide bonds. The Hall–Kier alpha value is -1.83. The largest absolute Gasteiger partial charge is 0.493 e. The fourth-order valence-corrected chi connectivity index (χ4v) is 3.13. The Balaban J connectivity index is 2.05. The molecular weight excluding hydrogens is 322 g/mol. The van der Waals surface area contributed by atoms with E-state index in [1.165, 1.54) is 0 Å². The minimum Gasteiger partial charge on any atom is -0.493 e. The van der Waals surface area contributed by atoms with Gasteiger partial charge in [-0.1, -0.05) is 12.1 Å². The predicted molar refractivity (Wildman–Crippen MR) is 95.3 cm³/mol. The summed E-state index contributed by atoms with van der Waals surface area (Å²) in [6.07, 6.45) is 1.85. The van der Waals surface area contributed by atoms with E-state index < -0.39 is 0 Å². The monoisotopic (exact) mass is 351 g/mol. The number of likely N-dealkylation sites (tertiary alicyclic amines) is 1. The third kappa shape index (κ3) is 5.59. The van der Waals surface area contributed by atoms with E-state index in [-0.39, 0.29) is 11.8 Å². The molecule has 25 heavy (non-hydrogen) atoms. The first kappa shape index (κ1) is 19.5. The molecular formula is C18H29N3O4. The number of carbonyl (C=O) groups is 1. The normalized spacial score (nSPS) is 18.0. The second kappa shape index (κ2) is 10.2. The Morgan fingerprint density at radius 2 is 2.24 bits per heavy atom. The van der Waals surface area contributed by atoms with Gasteiger partial charge in [-0.25, -0.2) is 5.84 Å². The van der Waals surface area contributed by atoms with Gasteiger partial charge in [0.15, 0.2) is 11.5 Å². The van der Waals surface area contributed by atoms with E-state index in [1.54, 1.807) is 7.11 Å². The number of piperidine rings is 1. The van der Waals surface area contributed by atoms with Crippen molar-refractivity contribution in [1.82, 2.24) is 10.3 Å². The minimum absolute atomic E-state index is 0.0633. The standard InChI is InChI=1S/C18H29N3O4/c1-3-24-10-11-25-17-14(6-4-8-16(17)23-2)12-21-9-5-7-15(13-21)18(22)20-19/h4,6,8,15H,3,5,7,9-13,19H2,1-2H3,(H,20,22). The number of nitrogens with zero attached hydrogens (tertiary/aromatic N) is 1. The van der Waals surface area contributed by atoms with Crippen molar-refractivity contribution in [1.29, 1.82) is 0 Å². The number of nitrogens with two attached hydrogens (primary N) is 1. The average molecular weight is 351 g/mol. The summed E-state index contributed by atoms with van der Waals surface area (Å²) in [4.78, 5) is 14.1. The lowest BCUT2D eigenvalue weighted by molar-refractivity contribution is -0.126. The highest BCUT2D eigenvalue weighted by Gasteiger charge is 2.26. The SMILES string of the molecule is CCOCCOc1c(CN2CCCC(C(=O)NN)C2)cccc1OC. The number of hydrogen-bond acceptors (Lipinski definition) is 6. The van der Waals surface area contributed by atoms with E-state index in [4.69, 9.17) is 20.1 Å². The molecule has 1 aromatic carbocycles. The summed E-state index contributed by atoms with van der Waals surface area (Å²) >= 11 is 0. The first-order valence-corrected chi connectivity index (χ1v) is 8.78. The summed E-state index contributed by atoms with van der Waals surface area (Å²) < 4.78 is 16.7. The highest BCUT2D eigenvalue weighted by atomic mass is 16.5. The van der Waals surface area contributed by atoms with Crippen molar-refractivity contribution in [3.8, 4) is 11.5 Å². The summed E-state index contributed by atoms with van der Waals surface area (Å²) in [5.41, 5.74) is 3.31. The van der Waals surface area contributed by atoms with Gasteiger partial charge in [0.1, 0.15) is 6.61 Å². The maximum absolute atomic E-state index is 11.8.